The molecule has 0 bridgehead atoms. The van der Waals surface area contributed by atoms with Crippen molar-refractivity contribution in [1.29, 1.82) is 0 Å². The highest BCUT2D eigenvalue weighted by atomic mass is 32.2. The van der Waals surface area contributed by atoms with Crippen molar-refractivity contribution in [2.75, 3.05) is 44.6 Å². The van der Waals surface area contributed by atoms with E-state index in [4.69, 9.17) is 4.74 Å². The molecule has 2 aliphatic rings. The number of carbonyl (C=O) groups is 2. The molecule has 1 aromatic rings. The number of nitrogens with one attached hydrogen (secondary N) is 1. The van der Waals surface area contributed by atoms with Crippen molar-refractivity contribution < 1.29 is 31.5 Å². The minimum Gasteiger partial charge on any atom is -0.368 e. The van der Waals surface area contributed by atoms with Crippen LogP contribution in [0.5, 0.6) is 0 Å². The van der Waals surface area contributed by atoms with E-state index in [1.165, 1.54) is 18.2 Å². The van der Waals surface area contributed by atoms with Crippen LogP contribution in [0, 0.1) is 0 Å². The lowest BCUT2D eigenvalue weighted by molar-refractivity contribution is -0.142. The highest BCUT2D eigenvalue weighted by Crippen LogP contribution is 2.26. The third kappa shape index (κ3) is 5.09. The zero-order valence-electron chi connectivity index (χ0n) is 15.7. The first-order valence-electron chi connectivity index (χ1n) is 9.32. The maximum Gasteiger partial charge on any atom is 0.341 e. The molecule has 2 amide bonds. The summed E-state index contributed by atoms with van der Waals surface area (Å²) in [5.41, 5.74) is -0.176. The number of alkyl halides is 2. The Bertz CT molecular complexity index is 851. The third-order valence-electron chi connectivity index (χ3n) is 4.96. The molecule has 8 nitrogen and oxygen atoms in total. The van der Waals surface area contributed by atoms with Crippen molar-refractivity contribution in [3.05, 3.63) is 24.3 Å². The summed E-state index contributed by atoms with van der Waals surface area (Å²) >= 11 is 0. The fourth-order valence-electron chi connectivity index (χ4n) is 3.41. The molecule has 1 N–H and O–H groups in total. The number of hydrogen-bond acceptors (Lipinski definition) is 6. The Morgan fingerprint density at radius 1 is 1.17 bits per heavy atom. The Morgan fingerprint density at radius 2 is 1.86 bits per heavy atom. The summed E-state index contributed by atoms with van der Waals surface area (Å²) < 4.78 is 54.7. The van der Waals surface area contributed by atoms with E-state index in [0.717, 1.165) is 18.9 Å². The van der Waals surface area contributed by atoms with Gasteiger partial charge in [-0.1, -0.05) is 12.1 Å². The van der Waals surface area contributed by atoms with Crippen LogP contribution in [-0.2, 0) is 24.2 Å². The summed E-state index contributed by atoms with van der Waals surface area (Å²) in [7, 11) is -4.83. The average Bonchev–Trinajstić information content (AvgIpc) is 3.23. The van der Waals surface area contributed by atoms with Crippen molar-refractivity contribution in [3.8, 4) is 0 Å². The van der Waals surface area contributed by atoms with Crippen LogP contribution < -0.4 is 5.32 Å². The zero-order valence-corrected chi connectivity index (χ0v) is 16.5. The van der Waals surface area contributed by atoms with Crippen molar-refractivity contribution in [3.63, 3.8) is 0 Å². The molecule has 29 heavy (non-hydrogen) atoms. The molecular formula is C18H23F2N3O5S. The van der Waals surface area contributed by atoms with Crippen LogP contribution in [0.15, 0.2) is 29.2 Å². The molecule has 3 rings (SSSR count). The van der Waals surface area contributed by atoms with Crippen molar-refractivity contribution >= 4 is 27.3 Å². The van der Waals surface area contributed by atoms with Crippen LogP contribution in [0.1, 0.15) is 12.8 Å². The maximum absolute atomic E-state index is 12.9. The molecule has 0 radical (unpaired) electrons. The number of piperazine rings is 1. The van der Waals surface area contributed by atoms with Crippen LogP contribution in [-0.4, -0.2) is 81.2 Å². The van der Waals surface area contributed by atoms with Gasteiger partial charge < -0.3 is 15.0 Å². The number of benzene rings is 1. The monoisotopic (exact) mass is 431 g/mol. The van der Waals surface area contributed by atoms with Gasteiger partial charge in [-0.05, 0) is 25.0 Å². The fraction of sp³-hybridized carbons (Fsp3) is 0.556. The van der Waals surface area contributed by atoms with Crippen LogP contribution in [0.3, 0.4) is 0 Å². The molecule has 1 atom stereocenters. The van der Waals surface area contributed by atoms with Crippen molar-refractivity contribution in [2.45, 2.75) is 29.6 Å². The van der Waals surface area contributed by atoms with Gasteiger partial charge in [-0.2, -0.15) is 8.78 Å². The molecule has 160 valence electrons. The largest absolute Gasteiger partial charge is 0.368 e. The molecular weight excluding hydrogens is 408 g/mol. The first kappa shape index (κ1) is 21.6. The highest BCUT2D eigenvalue weighted by molar-refractivity contribution is 7.91. The second kappa shape index (κ2) is 9.14. The Morgan fingerprint density at radius 3 is 2.48 bits per heavy atom. The Labute approximate surface area is 167 Å². The molecule has 0 aromatic heterocycles. The molecule has 1 unspecified atom stereocenters. The van der Waals surface area contributed by atoms with Gasteiger partial charge in [-0.25, -0.2) is 8.42 Å². The van der Waals surface area contributed by atoms with Gasteiger partial charge in [0.2, 0.25) is 15.7 Å². The molecule has 2 saturated heterocycles. The number of sulfone groups is 1. The SMILES string of the molecule is O=C(CN1CCN(C(=O)C2CCCO2)CC1)Nc1ccccc1S(=O)(=O)C(F)F. The van der Waals surface area contributed by atoms with E-state index >= 15 is 0 Å². The van der Waals surface area contributed by atoms with E-state index in [1.54, 1.807) is 4.90 Å². The molecule has 0 spiro atoms. The zero-order chi connectivity index (χ0) is 21.0. The van der Waals surface area contributed by atoms with Gasteiger partial charge in [-0.15, -0.1) is 0 Å². The van der Waals surface area contributed by atoms with Gasteiger partial charge in [0.25, 0.3) is 5.91 Å². The Balaban J connectivity index is 1.54. The predicted octanol–water partition coefficient (Wildman–Crippen LogP) is 0.945. The van der Waals surface area contributed by atoms with E-state index in [1.807, 2.05) is 4.90 Å². The van der Waals surface area contributed by atoms with Gasteiger partial charge in [0.05, 0.1) is 17.1 Å². The number of rotatable bonds is 6. The standard InChI is InChI=1S/C18H23F2N3O5S/c19-18(20)29(26,27)15-6-2-1-4-13(15)21-16(24)12-22-7-9-23(10-8-22)17(25)14-5-3-11-28-14/h1-2,4,6,14,18H,3,5,7-12H2,(H,21,24). The number of anilines is 1. The highest BCUT2D eigenvalue weighted by Gasteiger charge is 2.31. The Hall–Kier alpha value is -2.11. The number of amides is 2. The normalized spacial score (nSPS) is 20.8. The minimum absolute atomic E-state index is 0.0299. The molecule has 2 fully saturated rings. The van der Waals surface area contributed by atoms with Gasteiger partial charge in [0.1, 0.15) is 6.10 Å². The first-order chi connectivity index (χ1) is 13.8. The molecule has 2 heterocycles. The van der Waals surface area contributed by atoms with E-state index in [2.05, 4.69) is 5.32 Å². The molecule has 0 aliphatic carbocycles. The van der Waals surface area contributed by atoms with Crippen molar-refractivity contribution in [2.24, 2.45) is 0 Å². The fourth-order valence-corrected chi connectivity index (χ4v) is 4.30. The lowest BCUT2D eigenvalue weighted by atomic mass is 10.2. The quantitative estimate of drug-likeness (QED) is 0.721. The molecule has 11 heteroatoms. The summed E-state index contributed by atoms with van der Waals surface area (Å²) in [5.74, 6) is -4.12. The van der Waals surface area contributed by atoms with Gasteiger partial charge in [-0.3, -0.25) is 14.5 Å². The van der Waals surface area contributed by atoms with Gasteiger partial charge in [0, 0.05) is 32.8 Å². The number of hydrogen-bond donors (Lipinski definition) is 1. The second-order valence-electron chi connectivity index (χ2n) is 6.95. The topological polar surface area (TPSA) is 96.0 Å². The summed E-state index contributed by atoms with van der Waals surface area (Å²) in [6.07, 6.45) is 1.22. The number of nitrogens with zero attached hydrogens (tertiary/aromatic N) is 2. The lowest BCUT2D eigenvalue weighted by Gasteiger charge is -2.35. The number of ether oxygens (including phenoxy) is 1. The van der Waals surface area contributed by atoms with Crippen LogP contribution >= 0.6 is 0 Å². The molecule has 2 aliphatic heterocycles. The maximum atomic E-state index is 12.9. The van der Waals surface area contributed by atoms with E-state index < -0.39 is 26.4 Å². The van der Waals surface area contributed by atoms with Crippen LogP contribution in [0.4, 0.5) is 14.5 Å². The average molecular weight is 431 g/mol. The van der Waals surface area contributed by atoms with E-state index in [9.17, 15) is 26.8 Å². The molecule has 0 saturated carbocycles. The number of para-hydroxylation sites is 1. The lowest BCUT2D eigenvalue weighted by Crippen LogP contribution is -2.52. The minimum atomic E-state index is -4.83. The van der Waals surface area contributed by atoms with E-state index in [-0.39, 0.29) is 24.2 Å². The molecule has 1 aromatic carbocycles. The van der Waals surface area contributed by atoms with Gasteiger partial charge >= 0.3 is 5.76 Å². The summed E-state index contributed by atoms with van der Waals surface area (Å²) in [6, 6.07) is 5.07. The summed E-state index contributed by atoms with van der Waals surface area (Å²) in [4.78, 5) is 27.6. The number of carbonyl (C=O) groups excluding carboxylic acids is 2. The van der Waals surface area contributed by atoms with Crippen LogP contribution in [0.2, 0.25) is 0 Å². The first-order valence-corrected chi connectivity index (χ1v) is 10.9. The summed E-state index contributed by atoms with van der Waals surface area (Å²) in [5, 5.41) is 2.40. The number of halogens is 2. The smallest absolute Gasteiger partial charge is 0.341 e. The Kier molecular flexibility index (Phi) is 6.81. The van der Waals surface area contributed by atoms with Crippen LogP contribution in [0.25, 0.3) is 0 Å². The second-order valence-corrected chi connectivity index (χ2v) is 8.84. The predicted molar refractivity (Wildman–Crippen MR) is 100 cm³/mol. The third-order valence-corrected chi connectivity index (χ3v) is 6.40. The summed E-state index contributed by atoms with van der Waals surface area (Å²) in [6.45, 7) is 2.43. The van der Waals surface area contributed by atoms with Gasteiger partial charge in [0.15, 0.2) is 0 Å². The van der Waals surface area contributed by atoms with Crippen molar-refractivity contribution in [1.82, 2.24) is 9.80 Å². The van der Waals surface area contributed by atoms with E-state index in [0.29, 0.717) is 32.8 Å².